The number of rotatable bonds is 7. The number of aromatic nitrogens is 3. The highest BCUT2D eigenvalue weighted by Crippen LogP contribution is 2.44. The molecular weight excluding hydrogens is 476 g/mol. The molecule has 4 rings (SSSR count). The number of fused-ring (bicyclic) bond motifs is 3. The van der Waals surface area contributed by atoms with Crippen LogP contribution in [0.15, 0.2) is 41.6 Å². The highest BCUT2D eigenvalue weighted by atomic mass is 35.5. The van der Waals surface area contributed by atoms with Crippen molar-refractivity contribution in [1.29, 1.82) is 0 Å². The first-order valence-electron chi connectivity index (χ1n) is 10.9. The molecule has 178 valence electrons. The van der Waals surface area contributed by atoms with Crippen molar-refractivity contribution in [3.05, 3.63) is 47.0 Å². The second kappa shape index (κ2) is 10.1. The lowest BCUT2D eigenvalue weighted by atomic mass is 10.0. The van der Waals surface area contributed by atoms with E-state index in [2.05, 4.69) is 11.9 Å². The zero-order valence-corrected chi connectivity index (χ0v) is 20.9. The third kappa shape index (κ3) is 4.25. The molecule has 34 heavy (non-hydrogen) atoms. The van der Waals surface area contributed by atoms with Crippen molar-refractivity contribution < 1.29 is 24.1 Å². The SMILES string of the molecule is CCCCSc1nc([O-])c2[n+](n1)C(c1cc(OC)c(OC)cc1Cl)N(C(C)=O)c1ccccc1-2. The molecule has 2 heterocycles. The van der Waals surface area contributed by atoms with Crippen molar-refractivity contribution in [1.82, 2.24) is 10.1 Å². The molecule has 0 bridgehead atoms. The number of carbonyl (C=O) groups is 1. The van der Waals surface area contributed by atoms with Gasteiger partial charge in [0.2, 0.25) is 5.91 Å². The van der Waals surface area contributed by atoms with Crippen LogP contribution in [0.3, 0.4) is 0 Å². The Bertz CT molecular complexity index is 1240. The molecule has 0 aliphatic carbocycles. The predicted octanol–water partition coefficient (Wildman–Crippen LogP) is 3.98. The molecule has 2 aromatic carbocycles. The molecule has 0 saturated heterocycles. The number of hydrogen-bond donors (Lipinski definition) is 0. The number of halogens is 1. The minimum Gasteiger partial charge on any atom is -0.854 e. The monoisotopic (exact) mass is 500 g/mol. The fraction of sp³-hybridized carbons (Fsp3) is 0.333. The van der Waals surface area contributed by atoms with Crippen molar-refractivity contribution >= 4 is 35.0 Å². The summed E-state index contributed by atoms with van der Waals surface area (Å²) < 4.78 is 12.4. The molecule has 0 radical (unpaired) electrons. The normalized spacial score (nSPS) is 14.4. The van der Waals surface area contributed by atoms with Gasteiger partial charge in [-0.3, -0.25) is 4.79 Å². The first-order chi connectivity index (χ1) is 16.4. The van der Waals surface area contributed by atoms with E-state index in [0.29, 0.717) is 44.2 Å². The molecule has 10 heteroatoms. The molecule has 0 saturated carbocycles. The summed E-state index contributed by atoms with van der Waals surface area (Å²) in [5, 5.41) is 18.7. The maximum absolute atomic E-state index is 13.3. The van der Waals surface area contributed by atoms with Crippen LogP contribution in [-0.2, 0) is 4.79 Å². The third-order valence-corrected chi connectivity index (χ3v) is 6.82. The van der Waals surface area contributed by atoms with E-state index in [1.54, 1.807) is 33.8 Å². The van der Waals surface area contributed by atoms with Gasteiger partial charge in [0.15, 0.2) is 11.5 Å². The Morgan fingerprint density at radius 1 is 1.24 bits per heavy atom. The van der Waals surface area contributed by atoms with Gasteiger partial charge in [-0.2, -0.15) is 0 Å². The fourth-order valence-electron chi connectivity index (χ4n) is 3.99. The van der Waals surface area contributed by atoms with E-state index in [-0.39, 0.29) is 5.91 Å². The molecule has 1 aliphatic heterocycles. The Morgan fingerprint density at radius 2 is 1.94 bits per heavy atom. The van der Waals surface area contributed by atoms with Gasteiger partial charge in [-0.15, -0.1) is 0 Å². The number of nitrogens with zero attached hydrogens (tertiary/aromatic N) is 4. The lowest BCUT2D eigenvalue weighted by molar-refractivity contribution is -0.764. The van der Waals surface area contributed by atoms with E-state index >= 15 is 0 Å². The number of amides is 1. The maximum atomic E-state index is 13.3. The molecule has 1 unspecified atom stereocenters. The van der Waals surface area contributed by atoms with Gasteiger partial charge in [-0.05, 0) is 24.6 Å². The molecule has 8 nitrogen and oxygen atoms in total. The van der Waals surface area contributed by atoms with Gasteiger partial charge >= 0.3 is 0 Å². The second-order valence-corrected chi connectivity index (χ2v) is 9.17. The number of anilines is 1. The van der Waals surface area contributed by atoms with Crippen molar-refractivity contribution in [3.63, 3.8) is 0 Å². The average Bonchev–Trinajstić information content (AvgIpc) is 2.82. The highest BCUT2D eigenvalue weighted by molar-refractivity contribution is 7.99. The van der Waals surface area contributed by atoms with Crippen molar-refractivity contribution in [2.24, 2.45) is 0 Å². The van der Waals surface area contributed by atoms with Crippen LogP contribution in [0.1, 0.15) is 38.4 Å². The summed E-state index contributed by atoms with van der Waals surface area (Å²) in [4.78, 5) is 18.8. The van der Waals surface area contributed by atoms with Crippen LogP contribution in [0, 0.1) is 0 Å². The van der Waals surface area contributed by atoms with Crippen molar-refractivity contribution in [2.45, 2.75) is 38.0 Å². The summed E-state index contributed by atoms with van der Waals surface area (Å²) >= 11 is 8.12. The van der Waals surface area contributed by atoms with Crippen LogP contribution in [0.25, 0.3) is 11.3 Å². The molecular formula is C24H25ClN4O4S. The van der Waals surface area contributed by atoms with Crippen molar-refractivity contribution in [2.75, 3.05) is 24.9 Å². The molecule has 1 atom stereocenters. The second-order valence-electron chi connectivity index (χ2n) is 7.70. The van der Waals surface area contributed by atoms with E-state index in [0.717, 1.165) is 18.6 Å². The molecule has 1 aromatic heterocycles. The number of hydrogen-bond acceptors (Lipinski definition) is 7. The number of methoxy groups -OCH3 is 2. The van der Waals surface area contributed by atoms with Crippen LogP contribution in [0.2, 0.25) is 5.02 Å². The topological polar surface area (TPSA) is 91.5 Å². The maximum Gasteiger partial charge on any atom is 0.294 e. The standard InChI is InChI=1S/C24H25ClN4O4S/c1-5-6-11-34-24-26-22(31)21-15-9-7-8-10-18(15)28(14(2)30)23(29(21)27-24)16-12-19(32-3)20(33-4)13-17(16)25/h7-10,12-13,23H,5-6,11H2,1-4H3. The molecule has 0 N–H and O–H groups in total. The molecule has 1 amide bonds. The van der Waals surface area contributed by atoms with E-state index in [1.807, 2.05) is 12.1 Å². The minimum atomic E-state index is -0.823. The lowest BCUT2D eigenvalue weighted by Crippen LogP contribution is -2.58. The summed E-state index contributed by atoms with van der Waals surface area (Å²) in [6, 6.07) is 10.6. The van der Waals surface area contributed by atoms with Gasteiger partial charge in [-0.1, -0.05) is 53.5 Å². The van der Waals surface area contributed by atoms with Crippen LogP contribution in [0.5, 0.6) is 17.4 Å². The van der Waals surface area contributed by atoms with Gasteiger partial charge in [-0.25, -0.2) is 9.88 Å². The Kier molecular flexibility index (Phi) is 7.13. The van der Waals surface area contributed by atoms with E-state index < -0.39 is 12.0 Å². The quantitative estimate of drug-likeness (QED) is 0.275. The number of unbranched alkanes of at least 4 members (excludes halogenated alkanes) is 1. The zero-order valence-electron chi connectivity index (χ0n) is 19.4. The zero-order chi connectivity index (χ0) is 24.4. The van der Waals surface area contributed by atoms with Crippen molar-refractivity contribution in [3.8, 4) is 28.6 Å². The van der Waals surface area contributed by atoms with Gasteiger partial charge in [0.05, 0.1) is 41.9 Å². The molecule has 0 fully saturated rings. The number of carbonyl (C=O) groups excluding carboxylic acids is 1. The Balaban J connectivity index is 2.01. The van der Waals surface area contributed by atoms with Gasteiger partial charge < -0.3 is 14.6 Å². The smallest absolute Gasteiger partial charge is 0.294 e. The molecule has 3 aromatic rings. The van der Waals surface area contributed by atoms with Gasteiger partial charge in [0.25, 0.3) is 17.0 Å². The van der Waals surface area contributed by atoms with E-state index in [4.69, 9.17) is 26.2 Å². The van der Waals surface area contributed by atoms with Crippen LogP contribution in [0.4, 0.5) is 5.69 Å². The van der Waals surface area contributed by atoms with E-state index in [9.17, 15) is 9.90 Å². The first kappa shape index (κ1) is 24.1. The largest absolute Gasteiger partial charge is 0.854 e. The Labute approximate surface area is 207 Å². The Morgan fingerprint density at radius 3 is 2.62 bits per heavy atom. The first-order valence-corrected chi connectivity index (χ1v) is 12.2. The average molecular weight is 501 g/mol. The number of ether oxygens (including phenoxy) is 2. The summed E-state index contributed by atoms with van der Waals surface area (Å²) in [6.45, 7) is 3.57. The number of para-hydroxylation sites is 1. The lowest BCUT2D eigenvalue weighted by Gasteiger charge is -2.33. The number of benzene rings is 2. The predicted molar refractivity (Wildman–Crippen MR) is 129 cm³/mol. The summed E-state index contributed by atoms with van der Waals surface area (Å²) in [6.07, 6.45) is 1.16. The molecule has 0 spiro atoms. The summed E-state index contributed by atoms with van der Waals surface area (Å²) in [7, 11) is 3.04. The Hall–Kier alpha value is -3.04. The summed E-state index contributed by atoms with van der Waals surface area (Å²) in [5.74, 6) is 1.04. The van der Waals surface area contributed by atoms with Crippen LogP contribution in [-0.4, -0.2) is 36.0 Å². The van der Waals surface area contributed by atoms with E-state index in [1.165, 1.54) is 32.9 Å². The number of thioether (sulfide) groups is 1. The highest BCUT2D eigenvalue weighted by Gasteiger charge is 2.45. The van der Waals surface area contributed by atoms with Gasteiger partial charge in [0.1, 0.15) is 0 Å². The third-order valence-electron chi connectivity index (χ3n) is 5.57. The van der Waals surface area contributed by atoms with Crippen LogP contribution >= 0.6 is 23.4 Å². The fourth-order valence-corrected chi connectivity index (χ4v) is 5.15. The van der Waals surface area contributed by atoms with Crippen LogP contribution < -0.4 is 24.2 Å². The van der Waals surface area contributed by atoms with Gasteiger partial charge in [0, 0.05) is 23.8 Å². The molecule has 1 aliphatic rings. The summed E-state index contributed by atoms with van der Waals surface area (Å²) in [5.41, 5.74) is 2.00. The minimum absolute atomic E-state index is 0.229.